The molecule has 10 aliphatic rings. The van der Waals surface area contributed by atoms with Gasteiger partial charge in [-0.05, 0) is 248 Å². The number of hydrogen-bond acceptors (Lipinski definition) is 8. The molecule has 2 aliphatic heterocycles. The highest BCUT2D eigenvalue weighted by molar-refractivity contribution is 5.69. The predicted octanol–water partition coefficient (Wildman–Crippen LogP) is 19.3. The van der Waals surface area contributed by atoms with E-state index in [2.05, 4.69) is 119 Å². The number of aliphatic hydroxyl groups is 1. The molecule has 0 amide bonds. The molecule has 0 aromatic heterocycles. The fourth-order valence-corrected chi connectivity index (χ4v) is 19.4. The molecule has 6 saturated carbocycles. The Morgan fingerprint density at radius 3 is 1.61 bits per heavy atom. The van der Waals surface area contributed by atoms with E-state index in [4.69, 9.17) is 23.7 Å². The average molecular weight is 1140 g/mol. The molecule has 8 aliphatic carbocycles. The van der Waals surface area contributed by atoms with Gasteiger partial charge in [-0.2, -0.15) is 0 Å². The number of esters is 2. The fourth-order valence-electron chi connectivity index (χ4n) is 19.4. The summed E-state index contributed by atoms with van der Waals surface area (Å²) in [7, 11) is 2.95. The van der Waals surface area contributed by atoms with Gasteiger partial charge < -0.3 is 28.8 Å². The van der Waals surface area contributed by atoms with Crippen LogP contribution in [0.5, 0.6) is 0 Å². The van der Waals surface area contributed by atoms with Crippen LogP contribution in [0.1, 0.15) is 253 Å². The maximum atomic E-state index is 11.5. The highest BCUT2D eigenvalue weighted by atomic mass is 16.7. The van der Waals surface area contributed by atoms with Gasteiger partial charge in [0, 0.05) is 18.8 Å². The third kappa shape index (κ3) is 14.7. The Hall–Kier alpha value is -2.94. The molecule has 6 fully saturated rings. The van der Waals surface area contributed by atoms with Crippen LogP contribution in [0.2, 0.25) is 0 Å². The van der Waals surface area contributed by atoms with Crippen molar-refractivity contribution in [3.8, 4) is 0 Å². The monoisotopic (exact) mass is 1140 g/mol. The maximum absolute atomic E-state index is 11.5. The summed E-state index contributed by atoms with van der Waals surface area (Å²) in [6, 6.07) is 0. The van der Waals surface area contributed by atoms with Crippen LogP contribution in [0.4, 0.5) is 0 Å². The van der Waals surface area contributed by atoms with Gasteiger partial charge in [-0.3, -0.25) is 9.59 Å². The number of carbonyl (C=O) groups is 2. The van der Waals surface area contributed by atoms with Gasteiger partial charge in [0.25, 0.3) is 0 Å². The van der Waals surface area contributed by atoms with Crippen molar-refractivity contribution in [2.24, 2.45) is 86.8 Å². The minimum absolute atomic E-state index is 0. The average Bonchev–Trinajstić information content (AvgIpc) is 2.70. The van der Waals surface area contributed by atoms with E-state index >= 15 is 0 Å². The molecule has 2 heterocycles. The lowest BCUT2D eigenvalue weighted by molar-refractivity contribution is -0.188. The summed E-state index contributed by atoms with van der Waals surface area (Å²) in [6.45, 7) is 26.1. The third-order valence-electron chi connectivity index (χ3n) is 24.4. The van der Waals surface area contributed by atoms with E-state index in [9.17, 15) is 14.7 Å². The second-order valence-corrected chi connectivity index (χ2v) is 28.4. The van der Waals surface area contributed by atoms with E-state index in [1.165, 1.54) is 91.3 Å². The van der Waals surface area contributed by atoms with E-state index in [1.54, 1.807) is 22.3 Å². The van der Waals surface area contributed by atoms with Crippen LogP contribution in [0.25, 0.3) is 0 Å². The highest BCUT2D eigenvalue weighted by Gasteiger charge is 2.60. The van der Waals surface area contributed by atoms with Crippen LogP contribution < -0.4 is 0 Å². The molecule has 82 heavy (non-hydrogen) atoms. The smallest absolute Gasteiger partial charge is 0.305 e. The lowest BCUT2D eigenvalue weighted by Gasteiger charge is -2.58. The van der Waals surface area contributed by atoms with Crippen molar-refractivity contribution in [3.05, 3.63) is 71.1 Å². The topological polar surface area (TPSA) is 101 Å². The minimum Gasteiger partial charge on any atom is -0.498 e. The van der Waals surface area contributed by atoms with Crippen molar-refractivity contribution in [3.63, 3.8) is 0 Å². The van der Waals surface area contributed by atoms with Gasteiger partial charge in [0.15, 0.2) is 6.29 Å². The Kier molecular flexibility index (Phi) is 25.6. The first-order chi connectivity index (χ1) is 37.7. The largest absolute Gasteiger partial charge is 0.498 e. The fraction of sp³-hybridized carbons (Fsp3) is 0.811. The Bertz CT molecular complexity index is 2250. The van der Waals surface area contributed by atoms with Crippen LogP contribution >= 0.6 is 0 Å². The highest BCUT2D eigenvalue weighted by Crippen LogP contribution is 2.69. The normalized spacial score (nSPS) is 41.4. The van der Waals surface area contributed by atoms with Crippen LogP contribution in [-0.4, -0.2) is 62.0 Å². The van der Waals surface area contributed by atoms with Crippen molar-refractivity contribution in [2.75, 3.05) is 14.2 Å². The van der Waals surface area contributed by atoms with Crippen LogP contribution in [0.3, 0.4) is 0 Å². The van der Waals surface area contributed by atoms with Crippen LogP contribution in [0, 0.1) is 86.8 Å². The maximum Gasteiger partial charge on any atom is 0.305 e. The minimum atomic E-state index is -0.181. The first kappa shape index (κ1) is 69.8. The number of allylic oxidation sites excluding steroid dienone is 7. The first-order valence-electron chi connectivity index (χ1n) is 32.6. The standard InChI is InChI=1S/C35H54O4.C27H42O3.C9H16O.3CH4/c1-7-31-24(3)12-17-33(39-31)38-26-18-20-34(4)25(22-26)13-14-27-29-16-15-28(35(29,5)21-19-30(27)34)23(2)10-8-9-11-32(36)37-6;1-18(7-5-6-8-25(29)30-4)22-11-12-23-21-10-9-19-17-20(28)13-15-26(19,2)24(21)14-16-27(22,23)3;1-4-9-8(3)7(2)5-6-10-9;;;/h10,12-13,17,24,26-31,33H,7-9,11,14-16,18-22H2,1-6H3;7,9,20-24,28H,5-6,8,10-17H2,1-4H3;5-9H,4H2,1-3H3;3*1H4/b23-10+;18-7+;;;;/t24-,26-,27-,28+,29-,30-,31+,33?,34-,35+;20-,21-,22+,23-,24-,26-,27+;7-,8+,9-;;;/m001.../s1. The first-order valence-corrected chi connectivity index (χ1v) is 32.6. The van der Waals surface area contributed by atoms with Gasteiger partial charge in [-0.1, -0.05) is 137 Å². The second-order valence-electron chi connectivity index (χ2n) is 28.4. The summed E-state index contributed by atoms with van der Waals surface area (Å²) in [6.07, 6.45) is 46.0. The Morgan fingerprint density at radius 1 is 0.622 bits per heavy atom. The van der Waals surface area contributed by atoms with Gasteiger partial charge in [-0.15, -0.1) is 0 Å². The quantitative estimate of drug-likeness (QED) is 0.104. The molecule has 0 aromatic carbocycles. The van der Waals surface area contributed by atoms with E-state index in [0.29, 0.717) is 70.2 Å². The van der Waals surface area contributed by atoms with Crippen molar-refractivity contribution in [2.45, 2.75) is 283 Å². The molecule has 20 atom stereocenters. The molecule has 8 nitrogen and oxygen atoms in total. The molecule has 0 radical (unpaired) electrons. The molecular weight excluding hydrogens is 1020 g/mol. The molecule has 0 aromatic rings. The molecule has 0 spiro atoms. The Labute approximate surface area is 503 Å². The lowest BCUT2D eigenvalue weighted by atomic mass is 9.47. The molecule has 8 heteroatoms. The number of unbranched alkanes of at least 4 members (excludes halogenated alkanes) is 2. The second kappa shape index (κ2) is 30.1. The molecule has 468 valence electrons. The zero-order valence-corrected chi connectivity index (χ0v) is 52.1. The summed E-state index contributed by atoms with van der Waals surface area (Å²) in [5, 5.41) is 10.2. The summed E-state index contributed by atoms with van der Waals surface area (Å²) in [5.41, 5.74) is 7.90. The van der Waals surface area contributed by atoms with Crippen LogP contribution in [0.15, 0.2) is 71.1 Å². The number of hydrogen-bond donors (Lipinski definition) is 1. The zero-order chi connectivity index (χ0) is 56.9. The molecule has 1 unspecified atom stereocenters. The summed E-state index contributed by atoms with van der Waals surface area (Å²) >= 11 is 0. The van der Waals surface area contributed by atoms with Gasteiger partial charge in [-0.25, -0.2) is 0 Å². The van der Waals surface area contributed by atoms with E-state index in [1.807, 2.05) is 6.26 Å². The van der Waals surface area contributed by atoms with Crippen molar-refractivity contribution in [1.82, 2.24) is 0 Å². The zero-order valence-electron chi connectivity index (χ0n) is 52.1. The summed E-state index contributed by atoms with van der Waals surface area (Å²) in [5.74, 6) is 7.98. The third-order valence-corrected chi connectivity index (χ3v) is 24.4. The number of rotatable bonds is 14. The molecule has 0 bridgehead atoms. The molecule has 1 N–H and O–H groups in total. The number of ether oxygens (including phenoxy) is 5. The molecule has 10 rings (SSSR count). The Morgan fingerprint density at radius 2 is 1.12 bits per heavy atom. The Balaban J connectivity index is 0.000000254. The number of carbonyl (C=O) groups excluding carboxylic acids is 2. The summed E-state index contributed by atoms with van der Waals surface area (Å²) in [4.78, 5) is 22.9. The van der Waals surface area contributed by atoms with Gasteiger partial charge in [0.05, 0.1) is 38.8 Å². The number of aliphatic hydroxyl groups excluding tert-OH is 1. The predicted molar refractivity (Wildman–Crippen MR) is 341 cm³/mol. The van der Waals surface area contributed by atoms with Crippen molar-refractivity contribution < 1.29 is 38.4 Å². The van der Waals surface area contributed by atoms with Gasteiger partial charge >= 0.3 is 11.9 Å². The number of fused-ring (bicyclic) bond motifs is 10. The summed E-state index contributed by atoms with van der Waals surface area (Å²) < 4.78 is 27.8. The lowest BCUT2D eigenvalue weighted by Crippen LogP contribution is -2.50. The van der Waals surface area contributed by atoms with E-state index in [-0.39, 0.29) is 58.8 Å². The van der Waals surface area contributed by atoms with Crippen molar-refractivity contribution in [1.29, 1.82) is 0 Å². The van der Waals surface area contributed by atoms with Crippen molar-refractivity contribution >= 4 is 11.9 Å². The SMILES string of the molecule is C.C.C.CC[C@H]1OC(O[C@H]2CC[C@@]3(C)C(=CC[C@H]4[C@@H]5CC[C@H](/C(C)=C/CCCC(=O)OC)[C@@]5(C)CC[C@@H]43)C2)C=C[C@@H]1C.CC[C@H]1OC=C[C@@H](C)[C@@H]1C.COC(=O)CCC/C=C(\C)[C@H]1CC[C@H]2[C@@H]3CC=C4C[C@@H](O)CC[C@]4(C)[C@H]3CC[C@]12C. The molecular formula is C74H124O8. The van der Waals surface area contributed by atoms with Crippen LogP contribution in [-0.2, 0) is 33.3 Å². The van der Waals surface area contributed by atoms with E-state index in [0.717, 1.165) is 99.7 Å². The molecule has 0 saturated heterocycles. The number of methoxy groups -OCH3 is 2. The van der Waals surface area contributed by atoms with E-state index < -0.39 is 0 Å². The van der Waals surface area contributed by atoms with Gasteiger partial charge in [0.1, 0.15) is 6.10 Å². The van der Waals surface area contributed by atoms with Gasteiger partial charge in [0.2, 0.25) is 0 Å².